The summed E-state index contributed by atoms with van der Waals surface area (Å²) in [5.74, 6) is -0.108. The molecular formula is C13H23NO3. The standard InChI is InChI=1S/C13H23NO3/c1-10-5-3-4-6-11(10)14-8-13(2,9-14)17-7-12(15)16/h10-11H,3-9H2,1-2H3,(H,15,16). The number of likely N-dealkylation sites (tertiary alicyclic amines) is 1. The number of aliphatic carboxylic acids is 1. The molecule has 0 aromatic rings. The van der Waals surface area contributed by atoms with E-state index >= 15 is 0 Å². The van der Waals surface area contributed by atoms with E-state index in [1.807, 2.05) is 6.92 Å². The number of carboxylic acid groups (broad SMARTS) is 1. The summed E-state index contributed by atoms with van der Waals surface area (Å²) in [4.78, 5) is 12.9. The summed E-state index contributed by atoms with van der Waals surface area (Å²) in [7, 11) is 0. The fraction of sp³-hybridized carbons (Fsp3) is 0.923. The van der Waals surface area contributed by atoms with Gasteiger partial charge in [0, 0.05) is 19.1 Å². The van der Waals surface area contributed by atoms with Gasteiger partial charge in [-0.3, -0.25) is 4.90 Å². The summed E-state index contributed by atoms with van der Waals surface area (Å²) >= 11 is 0. The van der Waals surface area contributed by atoms with Crippen LogP contribution >= 0.6 is 0 Å². The Morgan fingerprint density at radius 1 is 1.41 bits per heavy atom. The minimum atomic E-state index is -0.879. The van der Waals surface area contributed by atoms with Crippen LogP contribution in [0.25, 0.3) is 0 Å². The van der Waals surface area contributed by atoms with Crippen LogP contribution in [0.4, 0.5) is 0 Å². The Hall–Kier alpha value is -0.610. The molecule has 17 heavy (non-hydrogen) atoms. The van der Waals surface area contributed by atoms with Crippen molar-refractivity contribution < 1.29 is 14.6 Å². The van der Waals surface area contributed by atoms with Gasteiger partial charge < -0.3 is 9.84 Å². The van der Waals surface area contributed by atoms with Gasteiger partial charge in [0.1, 0.15) is 6.61 Å². The van der Waals surface area contributed by atoms with E-state index in [1.54, 1.807) is 0 Å². The van der Waals surface area contributed by atoms with Crippen LogP contribution in [0.15, 0.2) is 0 Å². The highest BCUT2D eigenvalue weighted by atomic mass is 16.5. The van der Waals surface area contributed by atoms with Crippen molar-refractivity contribution in [3.8, 4) is 0 Å². The lowest BCUT2D eigenvalue weighted by Crippen LogP contribution is -2.65. The van der Waals surface area contributed by atoms with E-state index in [2.05, 4.69) is 11.8 Å². The maximum Gasteiger partial charge on any atom is 0.329 e. The van der Waals surface area contributed by atoms with Crippen LogP contribution in [0.5, 0.6) is 0 Å². The van der Waals surface area contributed by atoms with Gasteiger partial charge in [0.2, 0.25) is 0 Å². The van der Waals surface area contributed by atoms with Gasteiger partial charge in [-0.2, -0.15) is 0 Å². The van der Waals surface area contributed by atoms with Crippen molar-refractivity contribution in [2.75, 3.05) is 19.7 Å². The molecule has 2 aliphatic rings. The topological polar surface area (TPSA) is 49.8 Å². The summed E-state index contributed by atoms with van der Waals surface area (Å²) < 4.78 is 5.44. The molecule has 0 aromatic heterocycles. The van der Waals surface area contributed by atoms with Crippen LogP contribution in [-0.4, -0.2) is 47.3 Å². The summed E-state index contributed by atoms with van der Waals surface area (Å²) in [6.45, 7) is 5.94. The number of hydrogen-bond acceptors (Lipinski definition) is 3. The first-order valence-corrected chi connectivity index (χ1v) is 6.60. The molecule has 4 heteroatoms. The number of hydrogen-bond donors (Lipinski definition) is 1. The lowest BCUT2D eigenvalue weighted by atomic mass is 9.81. The lowest BCUT2D eigenvalue weighted by Gasteiger charge is -2.53. The Labute approximate surface area is 103 Å². The average Bonchev–Trinajstić information content (AvgIpc) is 2.23. The minimum absolute atomic E-state index is 0.176. The fourth-order valence-electron chi connectivity index (χ4n) is 3.21. The Kier molecular flexibility index (Phi) is 3.73. The van der Waals surface area contributed by atoms with E-state index in [-0.39, 0.29) is 12.2 Å². The highest BCUT2D eigenvalue weighted by molar-refractivity contribution is 5.68. The van der Waals surface area contributed by atoms with Crippen LogP contribution in [0.1, 0.15) is 39.5 Å². The largest absolute Gasteiger partial charge is 0.480 e. The van der Waals surface area contributed by atoms with Crippen molar-refractivity contribution in [1.82, 2.24) is 4.90 Å². The second-order valence-electron chi connectivity index (χ2n) is 5.87. The molecule has 1 aliphatic heterocycles. The smallest absolute Gasteiger partial charge is 0.329 e. The molecule has 1 saturated carbocycles. The molecule has 0 spiro atoms. The van der Waals surface area contributed by atoms with Crippen molar-refractivity contribution in [1.29, 1.82) is 0 Å². The molecule has 2 rings (SSSR count). The molecule has 4 nitrogen and oxygen atoms in total. The Morgan fingerprint density at radius 2 is 2.06 bits per heavy atom. The number of carboxylic acids is 1. The van der Waals surface area contributed by atoms with Gasteiger partial charge in [-0.1, -0.05) is 19.8 Å². The van der Waals surface area contributed by atoms with Gasteiger partial charge in [0.25, 0.3) is 0 Å². The molecule has 2 fully saturated rings. The summed E-state index contributed by atoms with van der Waals surface area (Å²) in [6.07, 6.45) is 5.31. The predicted octanol–water partition coefficient (Wildman–Crippen LogP) is 1.74. The second kappa shape index (κ2) is 4.94. The first kappa shape index (κ1) is 12.8. The fourth-order valence-corrected chi connectivity index (χ4v) is 3.21. The van der Waals surface area contributed by atoms with E-state index in [0.29, 0.717) is 6.04 Å². The van der Waals surface area contributed by atoms with Gasteiger partial charge >= 0.3 is 5.97 Å². The van der Waals surface area contributed by atoms with Crippen molar-refractivity contribution in [2.24, 2.45) is 5.92 Å². The average molecular weight is 241 g/mol. The maximum atomic E-state index is 10.5. The zero-order chi connectivity index (χ0) is 12.5. The number of nitrogens with zero attached hydrogens (tertiary/aromatic N) is 1. The van der Waals surface area contributed by atoms with Crippen molar-refractivity contribution >= 4 is 5.97 Å². The van der Waals surface area contributed by atoms with Gasteiger partial charge in [0.15, 0.2) is 0 Å². The molecule has 2 unspecified atom stereocenters. The quantitative estimate of drug-likeness (QED) is 0.814. The van der Waals surface area contributed by atoms with Gasteiger partial charge in [-0.25, -0.2) is 4.79 Å². The molecule has 1 N–H and O–H groups in total. The summed E-state index contributed by atoms with van der Waals surface area (Å²) in [5.41, 5.74) is -0.241. The van der Waals surface area contributed by atoms with Crippen LogP contribution in [0, 0.1) is 5.92 Å². The van der Waals surface area contributed by atoms with Gasteiger partial charge in [-0.15, -0.1) is 0 Å². The van der Waals surface area contributed by atoms with E-state index in [4.69, 9.17) is 9.84 Å². The van der Waals surface area contributed by atoms with Gasteiger partial charge in [-0.05, 0) is 25.7 Å². The van der Waals surface area contributed by atoms with Crippen LogP contribution in [0.2, 0.25) is 0 Å². The molecule has 0 bridgehead atoms. The van der Waals surface area contributed by atoms with E-state index in [1.165, 1.54) is 25.7 Å². The van der Waals surface area contributed by atoms with Crippen molar-refractivity contribution in [2.45, 2.75) is 51.2 Å². The molecule has 1 saturated heterocycles. The summed E-state index contributed by atoms with van der Waals surface area (Å²) in [5, 5.41) is 8.61. The normalized spacial score (nSPS) is 33.1. The first-order chi connectivity index (χ1) is 8.00. The first-order valence-electron chi connectivity index (χ1n) is 6.60. The molecular weight excluding hydrogens is 218 g/mol. The molecule has 2 atom stereocenters. The maximum absolute atomic E-state index is 10.5. The van der Waals surface area contributed by atoms with E-state index in [9.17, 15) is 4.79 Å². The third-order valence-electron chi connectivity index (χ3n) is 4.15. The highest BCUT2D eigenvalue weighted by Gasteiger charge is 2.44. The molecule has 0 amide bonds. The Morgan fingerprint density at radius 3 is 2.65 bits per heavy atom. The zero-order valence-electron chi connectivity index (χ0n) is 10.8. The third-order valence-corrected chi connectivity index (χ3v) is 4.15. The molecule has 1 aliphatic carbocycles. The van der Waals surface area contributed by atoms with Gasteiger partial charge in [0.05, 0.1) is 5.60 Å². The monoisotopic (exact) mass is 241 g/mol. The lowest BCUT2D eigenvalue weighted by molar-refractivity contribution is -0.173. The predicted molar refractivity (Wildman–Crippen MR) is 65.0 cm³/mol. The molecule has 0 radical (unpaired) electrons. The SMILES string of the molecule is CC1CCCCC1N1CC(C)(OCC(=O)O)C1. The van der Waals surface area contributed by atoms with Crippen LogP contribution < -0.4 is 0 Å². The second-order valence-corrected chi connectivity index (χ2v) is 5.87. The number of ether oxygens (including phenoxy) is 1. The van der Waals surface area contributed by atoms with Crippen LogP contribution in [0.3, 0.4) is 0 Å². The minimum Gasteiger partial charge on any atom is -0.480 e. The van der Waals surface area contributed by atoms with E-state index in [0.717, 1.165) is 19.0 Å². The van der Waals surface area contributed by atoms with E-state index < -0.39 is 5.97 Å². The number of carbonyl (C=O) groups is 1. The van der Waals surface area contributed by atoms with Crippen LogP contribution in [-0.2, 0) is 9.53 Å². The number of rotatable bonds is 4. The molecule has 1 heterocycles. The third kappa shape index (κ3) is 2.99. The van der Waals surface area contributed by atoms with Crippen molar-refractivity contribution in [3.05, 3.63) is 0 Å². The molecule has 98 valence electrons. The Bertz CT molecular complexity index is 286. The summed E-state index contributed by atoms with van der Waals surface area (Å²) in [6, 6.07) is 0.685. The highest BCUT2D eigenvalue weighted by Crippen LogP contribution is 2.35. The zero-order valence-corrected chi connectivity index (χ0v) is 10.8. The molecule has 0 aromatic carbocycles. The van der Waals surface area contributed by atoms with Crippen molar-refractivity contribution in [3.63, 3.8) is 0 Å². The Balaban J connectivity index is 1.78.